The van der Waals surface area contributed by atoms with Gasteiger partial charge < -0.3 is 4.74 Å². The summed E-state index contributed by atoms with van der Waals surface area (Å²) in [6, 6.07) is 0. The van der Waals surface area contributed by atoms with E-state index < -0.39 is 0 Å². The Bertz CT molecular complexity index is 99.2. The van der Waals surface area contributed by atoms with Crippen molar-refractivity contribution in [2.24, 2.45) is 5.92 Å². The van der Waals surface area contributed by atoms with Crippen LogP contribution in [0.3, 0.4) is 0 Å². The van der Waals surface area contributed by atoms with Crippen molar-refractivity contribution in [3.05, 3.63) is 0 Å². The average Bonchev–Trinajstić information content (AvgIpc) is 1.65. The first-order chi connectivity index (χ1) is 4.00. The third-order valence-corrected chi connectivity index (χ3v) is 3.05. The van der Waals surface area contributed by atoms with Crippen molar-refractivity contribution in [2.45, 2.75) is 26.0 Å². The van der Waals surface area contributed by atoms with Gasteiger partial charge in [-0.3, -0.25) is 0 Å². The summed E-state index contributed by atoms with van der Waals surface area (Å²) in [6.45, 7) is 7.46. The van der Waals surface area contributed by atoms with Crippen LogP contribution in [-0.4, -0.2) is 21.9 Å². The largest absolute Gasteiger partial charge is 0.456 e. The minimum Gasteiger partial charge on any atom is -0.456 e. The average molecular weight is 145 g/mol. The third-order valence-electron chi connectivity index (χ3n) is 1.70. The molecule has 0 aliphatic rings. The second kappa shape index (κ2) is 3.01. The zero-order valence-corrected chi connectivity index (χ0v) is 8.39. The molecule has 0 aliphatic carbocycles. The molecule has 1 unspecified atom stereocenters. The predicted molar refractivity (Wildman–Crippen MR) is 40.0 cm³/mol. The van der Waals surface area contributed by atoms with Crippen LogP contribution in [0.25, 0.3) is 0 Å². The van der Waals surface area contributed by atoms with Crippen molar-refractivity contribution in [2.75, 3.05) is 0 Å². The molecule has 0 spiro atoms. The Balaban J connectivity index is 3.84. The smallest absolute Gasteiger partial charge is 0.417 e. The van der Waals surface area contributed by atoms with Gasteiger partial charge in [0.2, 0.25) is 0 Å². The summed E-state index contributed by atoms with van der Waals surface area (Å²) in [5.41, 5.74) is 0. The van der Waals surface area contributed by atoms with Crippen molar-refractivity contribution in [3.63, 3.8) is 0 Å². The summed E-state index contributed by atoms with van der Waals surface area (Å²) in [5, 5.41) is -0.234. The molecule has 0 aromatic heterocycles. The predicted octanol–water partition coefficient (Wildman–Crippen LogP) is -0.192. The lowest BCUT2D eigenvalue weighted by molar-refractivity contribution is 0.106. The Labute approximate surface area is 59.0 Å². The van der Waals surface area contributed by atoms with E-state index >= 15 is 0 Å². The molecule has 0 aromatic carbocycles. The van der Waals surface area contributed by atoms with E-state index in [1.165, 1.54) is 6.47 Å². The lowest BCUT2D eigenvalue weighted by Crippen LogP contribution is -2.34. The molecule has 1 atom stereocenters. The lowest BCUT2D eigenvalue weighted by atomic mass is 10.1. The van der Waals surface area contributed by atoms with E-state index in [9.17, 15) is 4.79 Å². The molecule has 53 valence electrons. The molecular weight excluding hydrogens is 132 g/mol. The summed E-state index contributed by atoms with van der Waals surface area (Å²) in [4.78, 5) is 9.80. The molecule has 0 heterocycles. The van der Waals surface area contributed by atoms with E-state index in [4.69, 9.17) is 4.74 Å². The van der Waals surface area contributed by atoms with Gasteiger partial charge >= 0.3 is 6.47 Å². The SMILES string of the molecule is CC(C)C(C)([SiH3])O[C]=O. The summed E-state index contributed by atoms with van der Waals surface area (Å²) >= 11 is 0. The van der Waals surface area contributed by atoms with E-state index in [0.29, 0.717) is 5.92 Å². The van der Waals surface area contributed by atoms with Gasteiger partial charge in [0.1, 0.15) is 0 Å². The Kier molecular flexibility index (Phi) is 2.90. The van der Waals surface area contributed by atoms with Crippen LogP contribution in [0.4, 0.5) is 0 Å². The maximum atomic E-state index is 9.80. The molecule has 0 aromatic rings. The van der Waals surface area contributed by atoms with Gasteiger partial charge in [0.05, 0.1) is 15.5 Å². The molecule has 0 amide bonds. The maximum absolute atomic E-state index is 9.80. The zero-order valence-electron chi connectivity index (χ0n) is 6.39. The van der Waals surface area contributed by atoms with Gasteiger partial charge in [0.25, 0.3) is 0 Å². The quantitative estimate of drug-likeness (QED) is 0.514. The normalized spacial score (nSPS) is 17.3. The van der Waals surface area contributed by atoms with Crippen LogP contribution in [0.1, 0.15) is 20.8 Å². The van der Waals surface area contributed by atoms with E-state index in [1.54, 1.807) is 0 Å². The van der Waals surface area contributed by atoms with Crippen LogP contribution in [0.2, 0.25) is 0 Å². The molecule has 0 rings (SSSR count). The molecule has 3 heteroatoms. The van der Waals surface area contributed by atoms with Crippen molar-refractivity contribution in [1.29, 1.82) is 0 Å². The Morgan fingerprint density at radius 2 is 2.11 bits per heavy atom. The molecule has 9 heavy (non-hydrogen) atoms. The van der Waals surface area contributed by atoms with Gasteiger partial charge in [-0.15, -0.1) is 0 Å². The summed E-state index contributed by atoms with van der Waals surface area (Å²) in [7, 11) is 0.858. The number of rotatable bonds is 3. The van der Waals surface area contributed by atoms with Crippen LogP contribution in [0.5, 0.6) is 0 Å². The van der Waals surface area contributed by atoms with Crippen molar-refractivity contribution < 1.29 is 9.53 Å². The highest BCUT2D eigenvalue weighted by Gasteiger charge is 2.23. The van der Waals surface area contributed by atoms with Crippen LogP contribution in [-0.2, 0) is 9.53 Å². The minimum atomic E-state index is -0.234. The molecule has 1 radical (unpaired) electrons. The van der Waals surface area contributed by atoms with Crippen molar-refractivity contribution >= 4 is 16.7 Å². The number of ether oxygens (including phenoxy) is 1. The highest BCUT2D eigenvalue weighted by atomic mass is 28.1. The van der Waals surface area contributed by atoms with Crippen LogP contribution in [0.15, 0.2) is 0 Å². The summed E-state index contributed by atoms with van der Waals surface area (Å²) in [6.07, 6.45) is 0. The first-order valence-corrected chi connectivity index (χ1v) is 4.06. The first-order valence-electron chi connectivity index (χ1n) is 3.06. The topological polar surface area (TPSA) is 26.3 Å². The number of hydrogen-bond acceptors (Lipinski definition) is 2. The Morgan fingerprint density at radius 1 is 1.67 bits per heavy atom. The van der Waals surface area contributed by atoms with Gasteiger partial charge in [-0.2, -0.15) is 0 Å². The minimum absolute atomic E-state index is 0.234. The Hall–Kier alpha value is -0.313. The van der Waals surface area contributed by atoms with E-state index in [-0.39, 0.29) is 5.22 Å². The summed E-state index contributed by atoms with van der Waals surface area (Å²) < 4.78 is 4.75. The molecule has 0 bridgehead atoms. The third kappa shape index (κ3) is 2.65. The summed E-state index contributed by atoms with van der Waals surface area (Å²) in [5.74, 6) is 0.394. The molecular formula is C6H13O2Si. The number of hydrogen-bond donors (Lipinski definition) is 0. The molecule has 2 nitrogen and oxygen atoms in total. The van der Waals surface area contributed by atoms with Crippen LogP contribution >= 0.6 is 0 Å². The van der Waals surface area contributed by atoms with E-state index in [1.807, 2.05) is 20.8 Å². The second-order valence-corrected chi connectivity index (χ2v) is 4.93. The van der Waals surface area contributed by atoms with Gasteiger partial charge in [0, 0.05) is 0 Å². The van der Waals surface area contributed by atoms with Crippen molar-refractivity contribution in [3.8, 4) is 0 Å². The number of carbonyl (C=O) groups excluding carboxylic acids is 1. The highest BCUT2D eigenvalue weighted by molar-refractivity contribution is 6.14. The van der Waals surface area contributed by atoms with E-state index in [0.717, 1.165) is 10.2 Å². The molecule has 0 saturated carbocycles. The standard InChI is InChI=1S/C6H13O2Si/c1-5(2)6(3,9)8-4-7/h5H,1-3,9H3. The Morgan fingerprint density at radius 3 is 2.22 bits per heavy atom. The first kappa shape index (κ1) is 8.69. The lowest BCUT2D eigenvalue weighted by Gasteiger charge is -2.26. The molecule has 0 saturated heterocycles. The van der Waals surface area contributed by atoms with Gasteiger partial charge in [-0.25, -0.2) is 4.79 Å². The fourth-order valence-electron chi connectivity index (χ4n) is 0.225. The zero-order chi connectivity index (χ0) is 7.49. The fourth-order valence-corrected chi connectivity index (χ4v) is 0.309. The molecule has 0 aliphatic heterocycles. The van der Waals surface area contributed by atoms with Gasteiger partial charge in [-0.05, 0) is 12.8 Å². The molecule has 0 fully saturated rings. The fraction of sp³-hybridized carbons (Fsp3) is 0.833. The van der Waals surface area contributed by atoms with Crippen molar-refractivity contribution in [1.82, 2.24) is 0 Å². The molecule has 0 N–H and O–H groups in total. The van der Waals surface area contributed by atoms with Crippen LogP contribution in [0, 0.1) is 5.92 Å². The second-order valence-electron chi connectivity index (χ2n) is 2.94. The van der Waals surface area contributed by atoms with E-state index in [2.05, 4.69) is 0 Å². The van der Waals surface area contributed by atoms with Gasteiger partial charge in [0.15, 0.2) is 0 Å². The maximum Gasteiger partial charge on any atom is 0.417 e. The van der Waals surface area contributed by atoms with Crippen LogP contribution < -0.4 is 0 Å². The highest BCUT2D eigenvalue weighted by Crippen LogP contribution is 2.14. The monoisotopic (exact) mass is 145 g/mol. The van der Waals surface area contributed by atoms with Gasteiger partial charge in [-0.1, -0.05) is 13.8 Å².